The topological polar surface area (TPSA) is 95.5 Å². The molecule has 0 saturated heterocycles. The highest BCUT2D eigenvalue weighted by Gasteiger charge is 2.12. The Morgan fingerprint density at radius 3 is 2.50 bits per heavy atom. The second-order valence-corrected chi connectivity index (χ2v) is 5.24. The molecule has 0 heterocycles. The molecule has 0 bridgehead atoms. The summed E-state index contributed by atoms with van der Waals surface area (Å²) in [6.45, 7) is 3.71. The number of halogens is 1. The summed E-state index contributed by atoms with van der Waals surface area (Å²) in [7, 11) is 0. The predicted octanol–water partition coefficient (Wildman–Crippen LogP) is 2.01. The minimum atomic E-state index is -1.03. The molecule has 2 amide bonds. The molecule has 0 atom stereocenters. The van der Waals surface area contributed by atoms with E-state index in [1.165, 1.54) is 12.1 Å². The van der Waals surface area contributed by atoms with Crippen LogP contribution in [-0.2, 0) is 9.59 Å². The van der Waals surface area contributed by atoms with Gasteiger partial charge in [-0.2, -0.15) is 0 Å². The Labute approximate surface area is 127 Å². The third-order valence-corrected chi connectivity index (χ3v) is 2.72. The normalized spacial score (nSPS) is 10.4. The van der Waals surface area contributed by atoms with Crippen molar-refractivity contribution in [2.45, 2.75) is 26.7 Å². The van der Waals surface area contributed by atoms with Crippen molar-refractivity contribution in [1.29, 1.82) is 0 Å². The number of carbonyl (C=O) groups is 3. The Kier molecular flexibility index (Phi) is 6.49. The van der Waals surface area contributed by atoms with Crippen molar-refractivity contribution in [3.8, 4) is 0 Å². The molecule has 0 saturated carbocycles. The van der Waals surface area contributed by atoms with Crippen LogP contribution in [0.25, 0.3) is 0 Å². The van der Waals surface area contributed by atoms with Crippen molar-refractivity contribution >= 4 is 23.5 Å². The van der Waals surface area contributed by atoms with Crippen molar-refractivity contribution < 1.29 is 23.9 Å². The lowest BCUT2D eigenvalue weighted by atomic mass is 10.1. The summed E-state index contributed by atoms with van der Waals surface area (Å²) >= 11 is 0. The maximum absolute atomic E-state index is 13.9. The molecule has 7 heteroatoms. The first-order valence-electron chi connectivity index (χ1n) is 6.89. The van der Waals surface area contributed by atoms with Gasteiger partial charge in [0.2, 0.25) is 5.91 Å². The maximum Gasteiger partial charge on any atom is 0.305 e. The number of anilines is 1. The van der Waals surface area contributed by atoms with E-state index in [0.29, 0.717) is 0 Å². The molecule has 1 aromatic rings. The fraction of sp³-hybridized carbons (Fsp3) is 0.400. The van der Waals surface area contributed by atoms with Crippen LogP contribution in [0.3, 0.4) is 0 Å². The molecule has 3 N–H and O–H groups in total. The molecular weight excluding hydrogens is 291 g/mol. The van der Waals surface area contributed by atoms with Gasteiger partial charge in [0, 0.05) is 18.5 Å². The molecule has 6 nitrogen and oxygen atoms in total. The van der Waals surface area contributed by atoms with Gasteiger partial charge < -0.3 is 15.7 Å². The lowest BCUT2D eigenvalue weighted by molar-refractivity contribution is -0.136. The van der Waals surface area contributed by atoms with Crippen molar-refractivity contribution in [3.05, 3.63) is 29.6 Å². The molecule has 0 aromatic heterocycles. The van der Waals surface area contributed by atoms with Crippen LogP contribution in [0.15, 0.2) is 18.2 Å². The molecule has 0 unspecified atom stereocenters. The Balaban J connectivity index is 2.66. The number of amides is 2. The van der Waals surface area contributed by atoms with Crippen molar-refractivity contribution in [2.24, 2.45) is 5.92 Å². The first-order chi connectivity index (χ1) is 10.3. The third kappa shape index (κ3) is 5.90. The number of hydrogen-bond donors (Lipinski definition) is 3. The second kappa shape index (κ2) is 8.11. The summed E-state index contributed by atoms with van der Waals surface area (Å²) in [4.78, 5) is 33.6. The molecule has 0 radical (unpaired) electrons. The fourth-order valence-electron chi connectivity index (χ4n) is 1.71. The molecule has 0 aliphatic rings. The van der Waals surface area contributed by atoms with E-state index >= 15 is 0 Å². The van der Waals surface area contributed by atoms with E-state index < -0.39 is 17.7 Å². The summed E-state index contributed by atoms with van der Waals surface area (Å²) in [5, 5.41) is 13.3. The van der Waals surface area contributed by atoms with Crippen LogP contribution in [0.1, 0.15) is 37.0 Å². The van der Waals surface area contributed by atoms with E-state index in [0.717, 1.165) is 6.07 Å². The molecule has 120 valence electrons. The van der Waals surface area contributed by atoms with Crippen LogP contribution in [0.4, 0.5) is 10.1 Å². The standard InChI is InChI=1S/C15H19FN2O4/c1-9(2)7-13(19)18-12-4-3-10(8-11(12)16)15(22)17-6-5-14(20)21/h3-4,8-9H,5-7H2,1-2H3,(H,17,22)(H,18,19)(H,20,21). The highest BCUT2D eigenvalue weighted by atomic mass is 19.1. The van der Waals surface area contributed by atoms with Gasteiger partial charge in [0.25, 0.3) is 5.91 Å². The zero-order valence-electron chi connectivity index (χ0n) is 12.5. The average molecular weight is 310 g/mol. The number of benzene rings is 1. The number of carbonyl (C=O) groups excluding carboxylic acids is 2. The van der Waals surface area contributed by atoms with Crippen LogP contribution in [0.2, 0.25) is 0 Å². The average Bonchev–Trinajstić information content (AvgIpc) is 2.39. The van der Waals surface area contributed by atoms with Gasteiger partial charge in [-0.25, -0.2) is 4.39 Å². The Bertz CT molecular complexity index is 573. The summed E-state index contributed by atoms with van der Waals surface area (Å²) in [5.74, 6) is -2.47. The smallest absolute Gasteiger partial charge is 0.305 e. The number of rotatable bonds is 7. The van der Waals surface area contributed by atoms with Gasteiger partial charge in [0.15, 0.2) is 0 Å². The Morgan fingerprint density at radius 2 is 1.95 bits per heavy atom. The van der Waals surface area contributed by atoms with Gasteiger partial charge in [-0.05, 0) is 24.1 Å². The number of aliphatic carboxylic acids is 1. The van der Waals surface area contributed by atoms with Crippen LogP contribution >= 0.6 is 0 Å². The highest BCUT2D eigenvalue weighted by Crippen LogP contribution is 2.16. The minimum Gasteiger partial charge on any atom is -0.481 e. The van der Waals surface area contributed by atoms with Gasteiger partial charge in [0.1, 0.15) is 5.82 Å². The van der Waals surface area contributed by atoms with E-state index in [-0.39, 0.29) is 42.5 Å². The molecule has 1 aromatic carbocycles. The second-order valence-electron chi connectivity index (χ2n) is 5.24. The maximum atomic E-state index is 13.9. The summed E-state index contributed by atoms with van der Waals surface area (Å²) < 4.78 is 13.9. The monoisotopic (exact) mass is 310 g/mol. The fourth-order valence-corrected chi connectivity index (χ4v) is 1.71. The first-order valence-corrected chi connectivity index (χ1v) is 6.89. The molecule has 0 spiro atoms. The molecule has 22 heavy (non-hydrogen) atoms. The van der Waals surface area contributed by atoms with Gasteiger partial charge in [0.05, 0.1) is 12.1 Å². The lowest BCUT2D eigenvalue weighted by Gasteiger charge is -2.09. The largest absolute Gasteiger partial charge is 0.481 e. The van der Waals surface area contributed by atoms with Crippen LogP contribution in [-0.4, -0.2) is 29.4 Å². The molecular formula is C15H19FN2O4. The predicted molar refractivity (Wildman–Crippen MR) is 79.1 cm³/mol. The quantitative estimate of drug-likeness (QED) is 0.718. The van der Waals surface area contributed by atoms with Crippen molar-refractivity contribution in [1.82, 2.24) is 5.32 Å². The minimum absolute atomic E-state index is 0.00716. The molecule has 0 fully saturated rings. The number of carboxylic acids is 1. The van der Waals surface area contributed by atoms with Crippen LogP contribution in [0.5, 0.6) is 0 Å². The van der Waals surface area contributed by atoms with Gasteiger partial charge in [-0.3, -0.25) is 14.4 Å². The third-order valence-electron chi connectivity index (χ3n) is 2.72. The number of carboxylic acid groups (broad SMARTS) is 1. The summed E-state index contributed by atoms with van der Waals surface area (Å²) in [6, 6.07) is 3.67. The molecule has 1 rings (SSSR count). The van der Waals surface area contributed by atoms with E-state index in [4.69, 9.17) is 5.11 Å². The first kappa shape index (κ1) is 17.6. The summed E-state index contributed by atoms with van der Waals surface area (Å²) in [6.07, 6.45) is 0.0639. The van der Waals surface area contributed by atoms with E-state index in [1.807, 2.05) is 13.8 Å². The van der Waals surface area contributed by atoms with E-state index in [2.05, 4.69) is 10.6 Å². The van der Waals surface area contributed by atoms with Crippen LogP contribution in [0, 0.1) is 11.7 Å². The van der Waals surface area contributed by atoms with E-state index in [1.54, 1.807) is 0 Å². The van der Waals surface area contributed by atoms with Gasteiger partial charge >= 0.3 is 5.97 Å². The molecule has 0 aliphatic carbocycles. The van der Waals surface area contributed by atoms with Gasteiger partial charge in [-0.1, -0.05) is 13.8 Å². The van der Waals surface area contributed by atoms with Crippen molar-refractivity contribution in [3.63, 3.8) is 0 Å². The zero-order chi connectivity index (χ0) is 16.7. The highest BCUT2D eigenvalue weighted by molar-refractivity contribution is 5.96. The van der Waals surface area contributed by atoms with Crippen molar-refractivity contribution in [2.75, 3.05) is 11.9 Å². The zero-order valence-corrected chi connectivity index (χ0v) is 12.5. The molecule has 0 aliphatic heterocycles. The number of hydrogen-bond acceptors (Lipinski definition) is 3. The lowest BCUT2D eigenvalue weighted by Crippen LogP contribution is -2.26. The number of nitrogens with one attached hydrogen (secondary N) is 2. The Morgan fingerprint density at radius 1 is 1.27 bits per heavy atom. The Hall–Kier alpha value is -2.44. The van der Waals surface area contributed by atoms with Gasteiger partial charge in [-0.15, -0.1) is 0 Å². The van der Waals surface area contributed by atoms with Crippen LogP contribution < -0.4 is 10.6 Å². The SMILES string of the molecule is CC(C)CC(=O)Nc1ccc(C(=O)NCCC(=O)O)cc1F. The summed E-state index contributed by atoms with van der Waals surface area (Å²) in [5.41, 5.74) is 0.0671. The van der Waals surface area contributed by atoms with E-state index in [9.17, 15) is 18.8 Å².